The van der Waals surface area contributed by atoms with Crippen molar-refractivity contribution >= 4 is 12.1 Å². The van der Waals surface area contributed by atoms with Crippen LogP contribution in [0.4, 0.5) is 0 Å². The van der Waals surface area contributed by atoms with Crippen molar-refractivity contribution in [1.82, 2.24) is 9.97 Å². The predicted octanol–water partition coefficient (Wildman–Crippen LogP) is 0.677. The smallest absolute Gasteiger partial charge is 0.262 e. The van der Waals surface area contributed by atoms with Gasteiger partial charge in [-0.15, -0.1) is 0 Å². The van der Waals surface area contributed by atoms with Crippen LogP contribution in [0, 0.1) is 0 Å². The number of rotatable bonds is 5. The van der Waals surface area contributed by atoms with E-state index < -0.39 is 6.04 Å². The lowest BCUT2D eigenvalue weighted by atomic mass is 10.2. The molecule has 5 nitrogen and oxygen atoms in total. The summed E-state index contributed by atoms with van der Waals surface area (Å²) in [7, 11) is 0. The topological polar surface area (TPSA) is 84.1 Å². The van der Waals surface area contributed by atoms with E-state index in [1.807, 2.05) is 6.92 Å². The van der Waals surface area contributed by atoms with Crippen molar-refractivity contribution < 1.29 is 4.79 Å². The zero-order chi connectivity index (χ0) is 11.1. The van der Waals surface area contributed by atoms with E-state index in [2.05, 4.69) is 15.0 Å². The summed E-state index contributed by atoms with van der Waals surface area (Å²) in [6.07, 6.45) is 7.07. The number of hydrogen-bond donors (Lipinski definition) is 2. The number of unbranched alkanes of at least 4 members (excludes halogenated alkanes) is 1. The number of nitrogens with two attached hydrogens (primary N) is 1. The maximum absolute atomic E-state index is 11.4. The number of carbonyl (C=O) groups is 1. The van der Waals surface area contributed by atoms with E-state index in [0.717, 1.165) is 18.5 Å². The molecule has 0 aliphatic rings. The normalized spacial score (nSPS) is 13.2. The van der Waals surface area contributed by atoms with E-state index in [1.54, 1.807) is 18.7 Å². The molecule has 1 heterocycles. The molecule has 0 aromatic carbocycles. The monoisotopic (exact) mass is 208 g/mol. The molecule has 3 N–H and O–H groups in total. The van der Waals surface area contributed by atoms with Gasteiger partial charge in [-0.1, -0.05) is 13.3 Å². The van der Waals surface area contributed by atoms with Gasteiger partial charge in [0.15, 0.2) is 0 Å². The van der Waals surface area contributed by atoms with E-state index in [-0.39, 0.29) is 5.91 Å². The third kappa shape index (κ3) is 4.03. The molecule has 1 aromatic heterocycles. The van der Waals surface area contributed by atoms with Crippen LogP contribution in [0.3, 0.4) is 0 Å². The number of amides is 1. The third-order valence-corrected chi connectivity index (χ3v) is 1.95. The van der Waals surface area contributed by atoms with Crippen LogP contribution in [0.2, 0.25) is 0 Å². The van der Waals surface area contributed by atoms with Crippen LogP contribution in [-0.2, 0) is 11.2 Å². The molecular formula is C10H16N4O. The van der Waals surface area contributed by atoms with Gasteiger partial charge in [-0.05, 0) is 6.42 Å². The largest absolute Gasteiger partial charge is 0.348 e. The van der Waals surface area contributed by atoms with E-state index in [1.165, 1.54) is 0 Å². The Morgan fingerprint density at radius 2 is 2.60 bits per heavy atom. The molecule has 0 aliphatic carbocycles. The first-order valence-electron chi connectivity index (χ1n) is 5.03. The number of H-pyrrole nitrogens is 1. The Morgan fingerprint density at radius 3 is 3.20 bits per heavy atom. The second-order valence-electron chi connectivity index (χ2n) is 3.33. The van der Waals surface area contributed by atoms with Gasteiger partial charge in [-0.2, -0.15) is 0 Å². The molecule has 0 saturated heterocycles. The number of nitrogens with one attached hydrogen (secondary N) is 1. The summed E-state index contributed by atoms with van der Waals surface area (Å²) in [6.45, 7) is 2.03. The lowest BCUT2D eigenvalue weighted by Crippen LogP contribution is -2.31. The highest BCUT2D eigenvalue weighted by Gasteiger charge is 2.12. The Hall–Kier alpha value is -1.49. The summed E-state index contributed by atoms with van der Waals surface area (Å²) in [5.74, 6) is -0.280. The lowest BCUT2D eigenvalue weighted by molar-refractivity contribution is -0.118. The van der Waals surface area contributed by atoms with Gasteiger partial charge in [-0.25, -0.2) is 9.98 Å². The average Bonchev–Trinajstić information content (AvgIpc) is 2.70. The van der Waals surface area contributed by atoms with Crippen molar-refractivity contribution in [3.8, 4) is 0 Å². The van der Waals surface area contributed by atoms with E-state index in [9.17, 15) is 4.79 Å². The molecular weight excluding hydrogens is 192 g/mol. The zero-order valence-electron chi connectivity index (χ0n) is 8.81. The molecule has 0 radical (unpaired) electrons. The maximum atomic E-state index is 11.4. The first-order chi connectivity index (χ1) is 7.24. The van der Waals surface area contributed by atoms with Crippen LogP contribution in [0.15, 0.2) is 17.5 Å². The van der Waals surface area contributed by atoms with Gasteiger partial charge in [0.1, 0.15) is 0 Å². The number of aromatic amines is 1. The fraction of sp³-hybridized carbons (Fsp3) is 0.500. The van der Waals surface area contributed by atoms with Gasteiger partial charge in [0.2, 0.25) is 0 Å². The summed E-state index contributed by atoms with van der Waals surface area (Å²) in [5, 5.41) is 0. The molecule has 0 aliphatic heterocycles. The minimum absolute atomic E-state index is 0.280. The van der Waals surface area contributed by atoms with Crippen molar-refractivity contribution in [2.45, 2.75) is 32.2 Å². The van der Waals surface area contributed by atoms with Crippen LogP contribution in [-0.4, -0.2) is 28.1 Å². The van der Waals surface area contributed by atoms with Gasteiger partial charge < -0.3 is 10.7 Å². The van der Waals surface area contributed by atoms with Gasteiger partial charge in [0, 0.05) is 24.5 Å². The van der Waals surface area contributed by atoms with Gasteiger partial charge in [0.05, 0.1) is 12.4 Å². The van der Waals surface area contributed by atoms with Crippen LogP contribution in [0.25, 0.3) is 0 Å². The standard InChI is InChI=1S/C10H16N4O/c1-2-3-4-13-10(15)9(11)5-8-6-12-7-14-8/h4,6-7,9H,2-3,5,11H2,1H3,(H,12,14)/t9-/m0/s1. The molecule has 0 spiro atoms. The number of aromatic nitrogens is 2. The lowest BCUT2D eigenvalue weighted by Gasteiger charge is -2.04. The number of imidazole rings is 1. The number of aliphatic imine (C=N–C) groups is 1. The Bertz CT molecular complexity index is 318. The van der Waals surface area contributed by atoms with Crippen LogP contribution >= 0.6 is 0 Å². The van der Waals surface area contributed by atoms with Crippen LogP contribution < -0.4 is 5.73 Å². The van der Waals surface area contributed by atoms with E-state index in [0.29, 0.717) is 6.42 Å². The van der Waals surface area contributed by atoms with Crippen molar-refractivity contribution in [3.63, 3.8) is 0 Å². The first kappa shape index (κ1) is 11.6. The minimum Gasteiger partial charge on any atom is -0.348 e. The predicted molar refractivity (Wildman–Crippen MR) is 58.7 cm³/mol. The molecule has 5 heteroatoms. The molecule has 1 atom stereocenters. The molecule has 0 unspecified atom stereocenters. The van der Waals surface area contributed by atoms with E-state index in [4.69, 9.17) is 5.73 Å². The fourth-order valence-electron chi connectivity index (χ4n) is 1.10. The number of hydrogen-bond acceptors (Lipinski definition) is 3. The Kier molecular flexibility index (Phi) is 4.70. The highest BCUT2D eigenvalue weighted by Crippen LogP contribution is 1.97. The number of carbonyl (C=O) groups excluding carboxylic acids is 1. The molecule has 82 valence electrons. The average molecular weight is 208 g/mol. The van der Waals surface area contributed by atoms with Gasteiger partial charge >= 0.3 is 0 Å². The molecule has 0 saturated carbocycles. The zero-order valence-corrected chi connectivity index (χ0v) is 8.81. The van der Waals surface area contributed by atoms with Crippen molar-refractivity contribution in [3.05, 3.63) is 18.2 Å². The van der Waals surface area contributed by atoms with Crippen molar-refractivity contribution in [1.29, 1.82) is 0 Å². The Labute approximate surface area is 88.8 Å². The second-order valence-corrected chi connectivity index (χ2v) is 3.33. The van der Waals surface area contributed by atoms with Crippen LogP contribution in [0.5, 0.6) is 0 Å². The summed E-state index contributed by atoms with van der Waals surface area (Å²) in [6, 6.07) is -0.585. The SMILES string of the molecule is CCCC=NC(=O)[C@@H](N)Cc1cnc[nH]1. The van der Waals surface area contributed by atoms with Gasteiger partial charge in [0.25, 0.3) is 5.91 Å². The van der Waals surface area contributed by atoms with Crippen molar-refractivity contribution in [2.75, 3.05) is 0 Å². The Balaban J connectivity index is 2.39. The molecule has 1 amide bonds. The Morgan fingerprint density at radius 1 is 1.80 bits per heavy atom. The molecule has 15 heavy (non-hydrogen) atoms. The van der Waals surface area contributed by atoms with Crippen LogP contribution in [0.1, 0.15) is 25.5 Å². The second kappa shape index (κ2) is 6.08. The number of nitrogens with zero attached hydrogens (tertiary/aromatic N) is 2. The fourth-order valence-corrected chi connectivity index (χ4v) is 1.10. The molecule has 1 rings (SSSR count). The summed E-state index contributed by atoms with van der Waals surface area (Å²) < 4.78 is 0. The third-order valence-electron chi connectivity index (χ3n) is 1.95. The van der Waals surface area contributed by atoms with Gasteiger partial charge in [-0.3, -0.25) is 4.79 Å². The minimum atomic E-state index is -0.585. The maximum Gasteiger partial charge on any atom is 0.262 e. The van der Waals surface area contributed by atoms with Crippen molar-refractivity contribution in [2.24, 2.45) is 10.7 Å². The first-order valence-corrected chi connectivity index (χ1v) is 5.03. The summed E-state index contributed by atoms with van der Waals surface area (Å²) in [4.78, 5) is 21.9. The summed E-state index contributed by atoms with van der Waals surface area (Å²) >= 11 is 0. The highest BCUT2D eigenvalue weighted by molar-refractivity contribution is 5.88. The highest BCUT2D eigenvalue weighted by atomic mass is 16.1. The quantitative estimate of drug-likeness (QED) is 0.698. The molecule has 0 bridgehead atoms. The summed E-state index contributed by atoms with van der Waals surface area (Å²) in [5.41, 5.74) is 6.53. The molecule has 0 fully saturated rings. The molecule has 1 aromatic rings. The van der Waals surface area contributed by atoms with E-state index >= 15 is 0 Å².